The Labute approximate surface area is 99.8 Å². The molecule has 2 rings (SSSR count). The van der Waals surface area contributed by atoms with Crippen LogP contribution in [-0.4, -0.2) is 4.98 Å². The number of aromatic nitrogens is 1. The molecule has 0 aromatic heterocycles. The zero-order valence-corrected chi connectivity index (χ0v) is 9.92. The van der Waals surface area contributed by atoms with E-state index in [1.807, 2.05) is 24.3 Å². The van der Waals surface area contributed by atoms with Gasteiger partial charge in [-0.2, -0.15) is 5.26 Å². The quantitative estimate of drug-likeness (QED) is 0.747. The molecular formula is C13H11ClN2. The SMILES string of the molecule is CC(C)c1cccc2nc(Cl)c(C#N)c-2c1. The number of nitrogens with zero attached hydrogens (tertiary/aromatic N) is 2. The summed E-state index contributed by atoms with van der Waals surface area (Å²) in [6, 6.07) is 9.97. The van der Waals surface area contributed by atoms with Crippen LogP contribution >= 0.6 is 11.6 Å². The maximum absolute atomic E-state index is 9.04. The van der Waals surface area contributed by atoms with Crippen molar-refractivity contribution >= 4 is 11.6 Å². The molecule has 0 bridgehead atoms. The number of rotatable bonds is 1. The van der Waals surface area contributed by atoms with E-state index in [2.05, 4.69) is 24.9 Å². The number of nitriles is 1. The Balaban J connectivity index is 2.74. The van der Waals surface area contributed by atoms with Crippen molar-refractivity contribution in [2.75, 3.05) is 0 Å². The van der Waals surface area contributed by atoms with Crippen molar-refractivity contribution in [3.63, 3.8) is 0 Å². The Morgan fingerprint density at radius 2 is 2.12 bits per heavy atom. The van der Waals surface area contributed by atoms with E-state index in [4.69, 9.17) is 16.9 Å². The largest absolute Gasteiger partial charge is 0.235 e. The minimum absolute atomic E-state index is 0.290. The Morgan fingerprint density at radius 3 is 2.75 bits per heavy atom. The summed E-state index contributed by atoms with van der Waals surface area (Å²) in [5, 5.41) is 9.33. The van der Waals surface area contributed by atoms with Crippen molar-refractivity contribution in [1.82, 2.24) is 4.98 Å². The highest BCUT2D eigenvalue weighted by Gasteiger charge is 2.16. The van der Waals surface area contributed by atoms with Crippen LogP contribution in [0.15, 0.2) is 24.3 Å². The van der Waals surface area contributed by atoms with Crippen LogP contribution in [0.4, 0.5) is 0 Å². The summed E-state index contributed by atoms with van der Waals surface area (Å²) in [7, 11) is 0. The molecule has 0 aromatic carbocycles. The fourth-order valence-electron chi connectivity index (χ4n) is 1.66. The molecule has 2 nitrogen and oxygen atoms in total. The van der Waals surface area contributed by atoms with Gasteiger partial charge in [0.2, 0.25) is 0 Å². The third kappa shape index (κ3) is 1.75. The second-order valence-corrected chi connectivity index (χ2v) is 4.37. The highest BCUT2D eigenvalue weighted by molar-refractivity contribution is 6.31. The summed E-state index contributed by atoms with van der Waals surface area (Å²) in [5.74, 6) is 0.413. The van der Waals surface area contributed by atoms with Crippen LogP contribution in [0.2, 0.25) is 5.15 Å². The van der Waals surface area contributed by atoms with E-state index in [1.165, 1.54) is 5.56 Å². The van der Waals surface area contributed by atoms with Crippen LogP contribution in [0.25, 0.3) is 11.3 Å². The lowest BCUT2D eigenvalue weighted by Crippen LogP contribution is -1.84. The maximum atomic E-state index is 9.04. The van der Waals surface area contributed by atoms with Gasteiger partial charge in [-0.15, -0.1) is 0 Å². The van der Waals surface area contributed by atoms with E-state index in [0.29, 0.717) is 16.6 Å². The van der Waals surface area contributed by atoms with Crippen molar-refractivity contribution in [3.05, 3.63) is 40.5 Å². The zero-order valence-electron chi connectivity index (χ0n) is 9.16. The molecular weight excluding hydrogens is 220 g/mol. The van der Waals surface area contributed by atoms with Gasteiger partial charge in [0.05, 0.1) is 11.3 Å². The smallest absolute Gasteiger partial charge is 0.148 e. The first kappa shape index (κ1) is 10.9. The van der Waals surface area contributed by atoms with Gasteiger partial charge in [0.15, 0.2) is 0 Å². The first-order valence-corrected chi connectivity index (χ1v) is 5.50. The number of hydrogen-bond donors (Lipinski definition) is 0. The average molecular weight is 231 g/mol. The molecule has 0 atom stereocenters. The standard InChI is InChI=1S/C13H11ClN2/c1-8(2)9-4-3-5-12-10(6-9)11(7-15)13(14)16-12/h3-6,8H,1-2H3. The topological polar surface area (TPSA) is 36.7 Å². The third-order valence-corrected chi connectivity index (χ3v) is 2.88. The Morgan fingerprint density at radius 1 is 1.38 bits per heavy atom. The molecule has 0 saturated carbocycles. The normalized spacial score (nSPS) is 10.7. The number of halogens is 1. The predicted molar refractivity (Wildman–Crippen MR) is 64.7 cm³/mol. The molecule has 0 radical (unpaired) electrons. The van der Waals surface area contributed by atoms with Crippen LogP contribution < -0.4 is 0 Å². The van der Waals surface area contributed by atoms with E-state index in [1.54, 1.807) is 0 Å². The molecule has 3 heteroatoms. The number of hydrogen-bond acceptors (Lipinski definition) is 2. The summed E-state index contributed by atoms with van der Waals surface area (Å²) in [6.07, 6.45) is 0. The Bertz CT molecular complexity index is 541. The average Bonchev–Trinajstić information content (AvgIpc) is 2.42. The molecule has 2 aliphatic rings. The lowest BCUT2D eigenvalue weighted by Gasteiger charge is -2.01. The first-order valence-electron chi connectivity index (χ1n) is 5.12. The molecule has 0 aromatic rings. The molecule has 0 fully saturated rings. The molecule has 0 saturated heterocycles. The molecule has 1 aliphatic carbocycles. The van der Waals surface area contributed by atoms with Gasteiger partial charge in [0, 0.05) is 5.56 Å². The van der Waals surface area contributed by atoms with E-state index >= 15 is 0 Å². The summed E-state index contributed by atoms with van der Waals surface area (Å²) >= 11 is 5.91. The van der Waals surface area contributed by atoms with Crippen LogP contribution in [0.1, 0.15) is 30.9 Å². The summed E-state index contributed by atoms with van der Waals surface area (Å²) in [6.45, 7) is 4.23. The summed E-state index contributed by atoms with van der Waals surface area (Å²) < 4.78 is 0. The van der Waals surface area contributed by atoms with Crippen LogP contribution in [0.5, 0.6) is 0 Å². The van der Waals surface area contributed by atoms with Gasteiger partial charge in [-0.3, -0.25) is 0 Å². The molecule has 0 unspecified atom stereocenters. The molecule has 1 aliphatic heterocycles. The van der Waals surface area contributed by atoms with Gasteiger partial charge in [-0.05, 0) is 23.6 Å². The Kier molecular flexibility index (Phi) is 2.80. The van der Waals surface area contributed by atoms with E-state index in [0.717, 1.165) is 11.3 Å². The van der Waals surface area contributed by atoms with Gasteiger partial charge >= 0.3 is 0 Å². The van der Waals surface area contributed by atoms with Crippen LogP contribution in [-0.2, 0) is 0 Å². The molecule has 80 valence electrons. The monoisotopic (exact) mass is 230 g/mol. The van der Waals surface area contributed by atoms with Gasteiger partial charge in [-0.1, -0.05) is 37.6 Å². The predicted octanol–water partition coefficient (Wildman–Crippen LogP) is 3.83. The van der Waals surface area contributed by atoms with Crippen molar-refractivity contribution in [2.45, 2.75) is 19.8 Å². The summed E-state index contributed by atoms with van der Waals surface area (Å²) in [4.78, 5) is 4.17. The van der Waals surface area contributed by atoms with Crippen LogP contribution in [0.3, 0.4) is 0 Å². The van der Waals surface area contributed by atoms with Crippen LogP contribution in [0, 0.1) is 11.3 Å². The fraction of sp³-hybridized carbons (Fsp3) is 0.231. The van der Waals surface area contributed by atoms with Crippen molar-refractivity contribution in [3.8, 4) is 17.3 Å². The zero-order chi connectivity index (χ0) is 11.7. The lowest BCUT2D eigenvalue weighted by atomic mass is 10.0. The second kappa shape index (κ2) is 4.11. The highest BCUT2D eigenvalue weighted by atomic mass is 35.5. The van der Waals surface area contributed by atoms with Crippen molar-refractivity contribution < 1.29 is 0 Å². The molecule has 0 amide bonds. The van der Waals surface area contributed by atoms with Gasteiger partial charge in [-0.25, -0.2) is 4.98 Å². The third-order valence-electron chi connectivity index (χ3n) is 2.60. The van der Waals surface area contributed by atoms with Gasteiger partial charge in [0.1, 0.15) is 11.2 Å². The van der Waals surface area contributed by atoms with Crippen molar-refractivity contribution in [2.24, 2.45) is 0 Å². The Hall–Kier alpha value is -1.59. The van der Waals surface area contributed by atoms with E-state index < -0.39 is 0 Å². The maximum Gasteiger partial charge on any atom is 0.148 e. The first-order chi connectivity index (χ1) is 7.63. The summed E-state index contributed by atoms with van der Waals surface area (Å²) in [5.41, 5.74) is 3.25. The highest BCUT2D eigenvalue weighted by Crippen LogP contribution is 2.32. The molecule has 16 heavy (non-hydrogen) atoms. The van der Waals surface area contributed by atoms with Gasteiger partial charge in [0.25, 0.3) is 0 Å². The van der Waals surface area contributed by atoms with Crippen molar-refractivity contribution in [1.29, 1.82) is 5.26 Å². The molecule has 0 N–H and O–H groups in total. The second-order valence-electron chi connectivity index (χ2n) is 4.01. The van der Waals surface area contributed by atoms with Gasteiger partial charge < -0.3 is 0 Å². The lowest BCUT2D eigenvalue weighted by molar-refractivity contribution is 0.869. The molecule has 0 spiro atoms. The van der Waals surface area contributed by atoms with E-state index in [9.17, 15) is 0 Å². The number of fused-ring (bicyclic) bond motifs is 1. The minimum atomic E-state index is 0.290. The fourth-order valence-corrected chi connectivity index (χ4v) is 1.90. The molecule has 1 heterocycles. The minimum Gasteiger partial charge on any atom is -0.235 e. The van der Waals surface area contributed by atoms with E-state index in [-0.39, 0.29) is 0 Å².